The molecule has 0 aromatic heterocycles. The first-order chi connectivity index (χ1) is 6.98. The Morgan fingerprint density at radius 1 is 1.07 bits per heavy atom. The minimum Gasteiger partial charge on any atom is -0.378 e. The van der Waals surface area contributed by atoms with E-state index in [1.165, 1.54) is 43.9 Å². The number of unbranched alkanes of at least 4 members (excludes halogenated alkanes) is 5. The van der Waals surface area contributed by atoms with Gasteiger partial charge in [-0.1, -0.05) is 73.8 Å². The van der Waals surface area contributed by atoms with Crippen LogP contribution in [0.1, 0.15) is 45.4 Å². The molecule has 1 unspecified atom stereocenters. The molecule has 0 aliphatic heterocycles. The molecule has 0 fully saturated rings. The smallest absolute Gasteiger partial charge is 0.225 e. The highest BCUT2D eigenvalue weighted by Crippen LogP contribution is 2.36. The van der Waals surface area contributed by atoms with E-state index in [9.17, 15) is 5.11 Å². The van der Waals surface area contributed by atoms with E-state index in [1.54, 1.807) is 0 Å². The zero-order valence-corrected chi connectivity index (χ0v) is 12.1. The van der Waals surface area contributed by atoms with Crippen molar-refractivity contribution in [2.45, 2.75) is 54.7 Å². The van der Waals surface area contributed by atoms with Crippen LogP contribution in [0.2, 0.25) is 0 Å². The summed E-state index contributed by atoms with van der Waals surface area (Å²) < 4.78 is -1.56. The monoisotopic (exact) mass is 292 g/mol. The molecule has 1 nitrogen and oxygen atoms in total. The molecule has 0 amide bonds. The van der Waals surface area contributed by atoms with Crippen molar-refractivity contribution in [1.29, 1.82) is 0 Å². The van der Waals surface area contributed by atoms with Gasteiger partial charge in [0.2, 0.25) is 3.79 Å². The number of alkyl halides is 3. The number of aliphatic hydroxyl groups is 1. The highest BCUT2D eigenvalue weighted by molar-refractivity contribution is 8.00. The Labute approximate surface area is 112 Å². The minimum absolute atomic E-state index is 0.848. The van der Waals surface area contributed by atoms with E-state index in [-0.39, 0.29) is 0 Å². The van der Waals surface area contributed by atoms with Gasteiger partial charge in [0.05, 0.1) is 0 Å². The van der Waals surface area contributed by atoms with Gasteiger partial charge in [-0.15, -0.1) is 11.8 Å². The zero-order valence-electron chi connectivity index (χ0n) is 9.02. The van der Waals surface area contributed by atoms with Gasteiger partial charge in [0.15, 0.2) is 0 Å². The summed E-state index contributed by atoms with van der Waals surface area (Å²) in [7, 11) is 0. The lowest BCUT2D eigenvalue weighted by Crippen LogP contribution is -2.21. The Morgan fingerprint density at radius 3 is 2.13 bits per heavy atom. The van der Waals surface area contributed by atoms with Crippen LogP contribution in [0.5, 0.6) is 0 Å². The van der Waals surface area contributed by atoms with Gasteiger partial charge in [-0.2, -0.15) is 0 Å². The lowest BCUT2D eigenvalue weighted by Gasteiger charge is -2.17. The van der Waals surface area contributed by atoms with Crippen LogP contribution in [0.15, 0.2) is 0 Å². The molecule has 0 aliphatic carbocycles. The molecule has 0 bridgehead atoms. The quantitative estimate of drug-likeness (QED) is 0.395. The Bertz CT molecular complexity index is 150. The van der Waals surface area contributed by atoms with Gasteiger partial charge >= 0.3 is 0 Å². The van der Waals surface area contributed by atoms with Crippen LogP contribution < -0.4 is 0 Å². The van der Waals surface area contributed by atoms with Crippen molar-refractivity contribution in [2.75, 3.05) is 5.75 Å². The van der Waals surface area contributed by atoms with Crippen LogP contribution in [-0.2, 0) is 0 Å². The number of thioether (sulfide) groups is 1. The third-order valence-electron chi connectivity index (χ3n) is 2.05. The SMILES string of the molecule is CCCCCCCCSC(O)C(Cl)(Cl)Cl. The predicted octanol–water partition coefficient (Wildman–Crippen LogP) is 4.77. The zero-order chi connectivity index (χ0) is 11.7. The molecule has 0 rings (SSSR count). The van der Waals surface area contributed by atoms with Crippen LogP contribution in [-0.4, -0.2) is 20.1 Å². The molecule has 92 valence electrons. The Balaban J connectivity index is 3.24. The molecule has 1 N–H and O–H groups in total. The molecule has 0 aliphatic rings. The number of hydrogen-bond acceptors (Lipinski definition) is 2. The van der Waals surface area contributed by atoms with E-state index < -0.39 is 9.23 Å². The van der Waals surface area contributed by atoms with Crippen molar-refractivity contribution in [3.8, 4) is 0 Å². The fourth-order valence-electron chi connectivity index (χ4n) is 1.17. The Morgan fingerprint density at radius 2 is 1.60 bits per heavy atom. The molecule has 0 saturated carbocycles. The van der Waals surface area contributed by atoms with Gasteiger partial charge < -0.3 is 5.11 Å². The maximum Gasteiger partial charge on any atom is 0.225 e. The molecule has 1 atom stereocenters. The molecule has 0 aromatic rings. The molecular weight excluding hydrogens is 275 g/mol. The third-order valence-corrected chi connectivity index (χ3v) is 4.26. The summed E-state index contributed by atoms with van der Waals surface area (Å²) in [5.74, 6) is 0.848. The van der Waals surface area contributed by atoms with Crippen LogP contribution in [0.4, 0.5) is 0 Å². The second-order valence-corrected chi connectivity index (χ2v) is 7.09. The first kappa shape index (κ1) is 16.2. The Hall–Kier alpha value is 1.18. The first-order valence-corrected chi connectivity index (χ1v) is 7.53. The molecule has 0 spiro atoms. The van der Waals surface area contributed by atoms with E-state index in [1.807, 2.05) is 0 Å². The maximum absolute atomic E-state index is 9.39. The molecule has 5 heteroatoms. The van der Waals surface area contributed by atoms with Crippen molar-refractivity contribution < 1.29 is 5.11 Å². The van der Waals surface area contributed by atoms with Crippen LogP contribution in [0.3, 0.4) is 0 Å². The van der Waals surface area contributed by atoms with E-state index in [2.05, 4.69) is 6.92 Å². The average Bonchev–Trinajstić information content (AvgIpc) is 2.14. The minimum atomic E-state index is -1.56. The second kappa shape index (κ2) is 9.23. The van der Waals surface area contributed by atoms with Crippen LogP contribution in [0.25, 0.3) is 0 Å². The summed E-state index contributed by atoms with van der Waals surface area (Å²) in [4.78, 5) is 0. The summed E-state index contributed by atoms with van der Waals surface area (Å²) in [6.45, 7) is 2.20. The van der Waals surface area contributed by atoms with Gasteiger partial charge in [0, 0.05) is 0 Å². The molecule has 0 radical (unpaired) electrons. The van der Waals surface area contributed by atoms with Gasteiger partial charge in [-0.3, -0.25) is 0 Å². The third kappa shape index (κ3) is 10.1. The second-order valence-electron chi connectivity index (χ2n) is 3.53. The van der Waals surface area contributed by atoms with E-state index in [0.29, 0.717) is 0 Å². The molecule has 15 heavy (non-hydrogen) atoms. The van der Waals surface area contributed by atoms with Crippen molar-refractivity contribution >= 4 is 46.6 Å². The highest BCUT2D eigenvalue weighted by Gasteiger charge is 2.30. The lowest BCUT2D eigenvalue weighted by atomic mass is 10.1. The molecule has 0 heterocycles. The van der Waals surface area contributed by atoms with E-state index in [4.69, 9.17) is 34.8 Å². The summed E-state index contributed by atoms with van der Waals surface area (Å²) in [5.41, 5.74) is -0.918. The average molecular weight is 294 g/mol. The Kier molecular flexibility index (Phi) is 9.96. The normalized spacial score (nSPS) is 14.2. The largest absolute Gasteiger partial charge is 0.378 e. The maximum atomic E-state index is 9.39. The summed E-state index contributed by atoms with van der Waals surface area (Å²) >= 11 is 17.9. The number of halogens is 3. The van der Waals surface area contributed by atoms with Gasteiger partial charge in [0.25, 0.3) is 0 Å². The van der Waals surface area contributed by atoms with Crippen molar-refractivity contribution in [3.05, 3.63) is 0 Å². The van der Waals surface area contributed by atoms with Crippen LogP contribution in [0, 0.1) is 0 Å². The van der Waals surface area contributed by atoms with Gasteiger partial charge in [-0.25, -0.2) is 0 Å². The van der Waals surface area contributed by atoms with E-state index in [0.717, 1.165) is 12.2 Å². The summed E-state index contributed by atoms with van der Waals surface area (Å²) in [6, 6.07) is 0. The fraction of sp³-hybridized carbons (Fsp3) is 1.00. The first-order valence-electron chi connectivity index (χ1n) is 5.35. The highest BCUT2D eigenvalue weighted by atomic mass is 35.6. The van der Waals surface area contributed by atoms with Crippen molar-refractivity contribution in [2.24, 2.45) is 0 Å². The standard InChI is InChI=1S/C10H19Cl3OS/c1-2-3-4-5-6-7-8-15-9(14)10(11,12)13/h9,14H,2-8H2,1H3. The number of rotatable bonds is 8. The summed E-state index contributed by atoms with van der Waals surface area (Å²) in [5, 5.41) is 9.39. The van der Waals surface area contributed by atoms with Crippen molar-refractivity contribution in [3.63, 3.8) is 0 Å². The van der Waals surface area contributed by atoms with Gasteiger partial charge in [-0.05, 0) is 12.2 Å². The number of hydrogen-bond donors (Lipinski definition) is 1. The molecule has 0 saturated heterocycles. The van der Waals surface area contributed by atoms with Gasteiger partial charge in [0.1, 0.15) is 5.44 Å². The fourth-order valence-corrected chi connectivity index (χ4v) is 2.52. The topological polar surface area (TPSA) is 20.2 Å². The number of aliphatic hydroxyl groups excluding tert-OH is 1. The molecular formula is C10H19Cl3OS. The predicted molar refractivity (Wildman–Crippen MR) is 72.1 cm³/mol. The van der Waals surface area contributed by atoms with E-state index >= 15 is 0 Å². The van der Waals surface area contributed by atoms with Crippen LogP contribution >= 0.6 is 46.6 Å². The summed E-state index contributed by atoms with van der Waals surface area (Å²) in [6.07, 6.45) is 7.41. The molecule has 0 aromatic carbocycles. The van der Waals surface area contributed by atoms with Crippen molar-refractivity contribution in [1.82, 2.24) is 0 Å². The lowest BCUT2D eigenvalue weighted by molar-refractivity contribution is 0.268.